The molecule has 0 atom stereocenters. The van der Waals surface area contributed by atoms with E-state index in [4.69, 9.17) is 4.74 Å². The summed E-state index contributed by atoms with van der Waals surface area (Å²) in [5, 5.41) is 2.78. The van der Waals surface area contributed by atoms with Gasteiger partial charge in [0.15, 0.2) is 0 Å². The van der Waals surface area contributed by atoms with E-state index < -0.39 is 5.91 Å². The SMILES string of the molecule is COc1cc(NC(=O)c2ccc(Br)c3c2C(=O)N(c2ccc(F)cc2C)C3)ccn1. The minimum Gasteiger partial charge on any atom is -0.481 e. The van der Waals surface area contributed by atoms with Gasteiger partial charge in [-0.1, -0.05) is 15.9 Å². The number of hydrogen-bond donors (Lipinski definition) is 1. The average molecular weight is 470 g/mol. The van der Waals surface area contributed by atoms with Crippen molar-refractivity contribution in [1.82, 2.24) is 4.98 Å². The van der Waals surface area contributed by atoms with Gasteiger partial charge in [-0.25, -0.2) is 9.37 Å². The summed E-state index contributed by atoms with van der Waals surface area (Å²) in [7, 11) is 1.49. The Bertz CT molecular complexity index is 1180. The third-order valence-corrected chi connectivity index (χ3v) is 5.67. The first-order valence-electron chi connectivity index (χ1n) is 9.10. The van der Waals surface area contributed by atoms with E-state index >= 15 is 0 Å². The van der Waals surface area contributed by atoms with Crippen LogP contribution in [-0.2, 0) is 6.54 Å². The fraction of sp³-hybridized carbons (Fsp3) is 0.136. The lowest BCUT2D eigenvalue weighted by molar-refractivity contribution is 0.0976. The number of carbonyl (C=O) groups is 2. The van der Waals surface area contributed by atoms with Crippen molar-refractivity contribution in [3.8, 4) is 5.88 Å². The highest BCUT2D eigenvalue weighted by molar-refractivity contribution is 9.10. The quantitative estimate of drug-likeness (QED) is 0.600. The Morgan fingerprint density at radius 2 is 2.03 bits per heavy atom. The predicted octanol–water partition coefficient (Wildman–Crippen LogP) is 4.71. The molecule has 1 N–H and O–H groups in total. The molecule has 2 aromatic carbocycles. The smallest absolute Gasteiger partial charge is 0.259 e. The Kier molecular flexibility index (Phi) is 5.26. The van der Waals surface area contributed by atoms with Gasteiger partial charge in [-0.05, 0) is 54.4 Å². The second-order valence-electron chi connectivity index (χ2n) is 6.81. The highest BCUT2D eigenvalue weighted by atomic mass is 79.9. The molecule has 0 aliphatic carbocycles. The van der Waals surface area contributed by atoms with E-state index in [0.29, 0.717) is 33.9 Å². The van der Waals surface area contributed by atoms with Gasteiger partial charge in [0.1, 0.15) is 5.82 Å². The molecule has 3 aromatic rings. The summed E-state index contributed by atoms with van der Waals surface area (Å²) in [4.78, 5) is 31.8. The summed E-state index contributed by atoms with van der Waals surface area (Å²) in [6.45, 7) is 2.03. The van der Waals surface area contributed by atoms with Crippen molar-refractivity contribution >= 4 is 39.1 Å². The lowest BCUT2D eigenvalue weighted by Crippen LogP contribution is -2.25. The number of anilines is 2. The zero-order chi connectivity index (χ0) is 21.4. The number of nitrogens with zero attached hydrogens (tertiary/aromatic N) is 2. The number of nitrogens with one attached hydrogen (secondary N) is 1. The van der Waals surface area contributed by atoms with Gasteiger partial charge in [-0.2, -0.15) is 0 Å². The van der Waals surface area contributed by atoms with Gasteiger partial charge in [-0.15, -0.1) is 0 Å². The average Bonchev–Trinajstić information content (AvgIpc) is 3.06. The summed E-state index contributed by atoms with van der Waals surface area (Å²) in [6.07, 6.45) is 1.52. The molecule has 0 fully saturated rings. The summed E-state index contributed by atoms with van der Waals surface area (Å²) in [5.41, 5.74) is 3.05. The number of pyridine rings is 1. The Balaban J connectivity index is 1.70. The molecule has 0 saturated carbocycles. The minimum atomic E-state index is -0.418. The largest absolute Gasteiger partial charge is 0.481 e. The van der Waals surface area contributed by atoms with Crippen molar-refractivity contribution in [3.63, 3.8) is 0 Å². The summed E-state index contributed by atoms with van der Waals surface area (Å²) < 4.78 is 19.3. The second kappa shape index (κ2) is 7.87. The number of fused-ring (bicyclic) bond motifs is 1. The Labute approximate surface area is 180 Å². The Hall–Kier alpha value is -3.26. The second-order valence-corrected chi connectivity index (χ2v) is 7.67. The van der Waals surface area contributed by atoms with E-state index in [1.807, 2.05) is 0 Å². The monoisotopic (exact) mass is 469 g/mol. The van der Waals surface area contributed by atoms with Crippen molar-refractivity contribution in [2.75, 3.05) is 17.3 Å². The van der Waals surface area contributed by atoms with Gasteiger partial charge in [0.25, 0.3) is 11.8 Å². The van der Waals surface area contributed by atoms with E-state index in [9.17, 15) is 14.0 Å². The number of amides is 2. The molecule has 4 rings (SSSR count). The Morgan fingerprint density at radius 1 is 1.23 bits per heavy atom. The molecule has 0 bridgehead atoms. The van der Waals surface area contributed by atoms with Crippen LogP contribution in [0.2, 0.25) is 0 Å². The summed E-state index contributed by atoms with van der Waals surface area (Å²) >= 11 is 3.48. The molecule has 2 heterocycles. The standard InChI is InChI=1S/C22H17BrFN3O3/c1-12-9-13(24)3-6-18(12)27-11-16-17(23)5-4-15(20(16)22(27)29)21(28)26-14-7-8-25-19(10-14)30-2/h3-10H,11H2,1-2H3,(H,25,26,28). The van der Waals surface area contributed by atoms with Crippen LogP contribution in [0.1, 0.15) is 31.8 Å². The van der Waals surface area contributed by atoms with Gasteiger partial charge < -0.3 is 15.0 Å². The maximum absolute atomic E-state index is 13.5. The van der Waals surface area contributed by atoms with Gasteiger partial charge in [-0.3, -0.25) is 9.59 Å². The lowest BCUT2D eigenvalue weighted by Gasteiger charge is -2.18. The van der Waals surface area contributed by atoms with E-state index in [0.717, 1.165) is 4.47 Å². The number of carbonyl (C=O) groups excluding carboxylic acids is 2. The number of aryl methyl sites for hydroxylation is 1. The number of hydrogen-bond acceptors (Lipinski definition) is 4. The number of rotatable bonds is 4. The van der Waals surface area contributed by atoms with E-state index in [1.54, 1.807) is 42.2 Å². The van der Waals surface area contributed by atoms with Crippen LogP contribution in [0.15, 0.2) is 53.1 Å². The maximum atomic E-state index is 13.5. The van der Waals surface area contributed by atoms with Crippen molar-refractivity contribution in [2.45, 2.75) is 13.5 Å². The van der Waals surface area contributed by atoms with E-state index in [2.05, 4.69) is 26.2 Å². The topological polar surface area (TPSA) is 71.5 Å². The van der Waals surface area contributed by atoms with Crippen molar-refractivity contribution in [3.05, 3.63) is 81.2 Å². The Morgan fingerprint density at radius 3 is 2.77 bits per heavy atom. The highest BCUT2D eigenvalue weighted by Crippen LogP contribution is 2.36. The normalized spacial score (nSPS) is 12.7. The van der Waals surface area contributed by atoms with Crippen LogP contribution in [0.25, 0.3) is 0 Å². The first kappa shape index (κ1) is 20.0. The third kappa shape index (κ3) is 3.54. The fourth-order valence-electron chi connectivity index (χ4n) is 3.49. The molecular formula is C22H17BrFN3O3. The molecule has 0 unspecified atom stereocenters. The molecular weight excluding hydrogens is 453 g/mol. The molecule has 0 spiro atoms. The molecule has 30 heavy (non-hydrogen) atoms. The van der Waals surface area contributed by atoms with Crippen LogP contribution in [0.5, 0.6) is 5.88 Å². The molecule has 6 nitrogen and oxygen atoms in total. The predicted molar refractivity (Wildman–Crippen MR) is 115 cm³/mol. The van der Waals surface area contributed by atoms with Gasteiger partial charge in [0.2, 0.25) is 5.88 Å². The van der Waals surface area contributed by atoms with Gasteiger partial charge >= 0.3 is 0 Å². The fourth-order valence-corrected chi connectivity index (χ4v) is 3.94. The highest BCUT2D eigenvalue weighted by Gasteiger charge is 2.35. The van der Waals surface area contributed by atoms with Gasteiger partial charge in [0, 0.05) is 28.1 Å². The van der Waals surface area contributed by atoms with Crippen molar-refractivity contribution in [1.29, 1.82) is 0 Å². The zero-order valence-electron chi connectivity index (χ0n) is 16.2. The van der Waals surface area contributed by atoms with Crippen molar-refractivity contribution in [2.24, 2.45) is 0 Å². The first-order valence-corrected chi connectivity index (χ1v) is 9.89. The third-order valence-electron chi connectivity index (χ3n) is 4.93. The zero-order valence-corrected chi connectivity index (χ0v) is 17.8. The molecule has 8 heteroatoms. The van der Waals surface area contributed by atoms with Crippen molar-refractivity contribution < 1.29 is 18.7 Å². The first-order chi connectivity index (χ1) is 14.4. The number of aromatic nitrogens is 1. The minimum absolute atomic E-state index is 0.260. The number of ether oxygens (including phenoxy) is 1. The van der Waals surface area contributed by atoms with E-state index in [-0.39, 0.29) is 23.8 Å². The molecule has 152 valence electrons. The van der Waals surface area contributed by atoms with Crippen LogP contribution in [0.4, 0.5) is 15.8 Å². The van der Waals surface area contributed by atoms with Crippen LogP contribution in [-0.4, -0.2) is 23.9 Å². The lowest BCUT2D eigenvalue weighted by atomic mass is 10.0. The summed E-state index contributed by atoms with van der Waals surface area (Å²) in [6, 6.07) is 10.8. The number of methoxy groups -OCH3 is 1. The molecule has 2 amide bonds. The van der Waals surface area contributed by atoms with Crippen LogP contribution < -0.4 is 15.0 Å². The maximum Gasteiger partial charge on any atom is 0.259 e. The number of halogens is 2. The van der Waals surface area contributed by atoms with Crippen LogP contribution in [0.3, 0.4) is 0 Å². The van der Waals surface area contributed by atoms with Crippen LogP contribution >= 0.6 is 15.9 Å². The summed E-state index contributed by atoms with van der Waals surface area (Å²) in [5.74, 6) is -0.728. The number of benzene rings is 2. The molecule has 1 aliphatic rings. The van der Waals surface area contributed by atoms with Crippen LogP contribution in [0, 0.1) is 12.7 Å². The molecule has 1 aromatic heterocycles. The molecule has 1 aliphatic heterocycles. The molecule has 0 saturated heterocycles. The van der Waals surface area contributed by atoms with Gasteiger partial charge in [0.05, 0.1) is 24.8 Å². The van der Waals surface area contributed by atoms with E-state index in [1.165, 1.54) is 25.4 Å². The molecule has 0 radical (unpaired) electrons.